The van der Waals surface area contributed by atoms with Crippen LogP contribution in [0.15, 0.2) is 0 Å². The quantitative estimate of drug-likeness (QED) is 0.576. The van der Waals surface area contributed by atoms with Gasteiger partial charge in [0.2, 0.25) is 0 Å². The Morgan fingerprint density at radius 1 is 1.47 bits per heavy atom. The van der Waals surface area contributed by atoms with E-state index in [1.54, 1.807) is 0 Å². The SMILES string of the molecule is CCOC(=O)[C@@H]1CC[Si](C)(C)O[C@@H](C(C)C)C1. The van der Waals surface area contributed by atoms with Crippen LogP contribution in [0.25, 0.3) is 0 Å². The van der Waals surface area contributed by atoms with Crippen molar-refractivity contribution >= 4 is 14.3 Å². The van der Waals surface area contributed by atoms with Crippen LogP contribution in [0.5, 0.6) is 0 Å². The smallest absolute Gasteiger partial charge is 0.309 e. The summed E-state index contributed by atoms with van der Waals surface area (Å²) < 4.78 is 11.4. The molecule has 100 valence electrons. The predicted octanol–water partition coefficient (Wildman–Crippen LogP) is 3.21. The molecule has 17 heavy (non-hydrogen) atoms. The van der Waals surface area contributed by atoms with Gasteiger partial charge in [-0.15, -0.1) is 0 Å². The van der Waals surface area contributed by atoms with Crippen LogP contribution in [0.3, 0.4) is 0 Å². The van der Waals surface area contributed by atoms with E-state index in [1.165, 1.54) is 0 Å². The van der Waals surface area contributed by atoms with Gasteiger partial charge in [-0.2, -0.15) is 0 Å². The highest BCUT2D eigenvalue weighted by Crippen LogP contribution is 2.32. The van der Waals surface area contributed by atoms with Gasteiger partial charge in [0.25, 0.3) is 0 Å². The summed E-state index contributed by atoms with van der Waals surface area (Å²) >= 11 is 0. The minimum Gasteiger partial charge on any atom is -0.466 e. The van der Waals surface area contributed by atoms with Crippen molar-refractivity contribution in [3.8, 4) is 0 Å². The first-order valence-corrected chi connectivity index (χ1v) is 9.81. The normalized spacial score (nSPS) is 28.8. The number of esters is 1. The van der Waals surface area contributed by atoms with Crippen molar-refractivity contribution in [3.63, 3.8) is 0 Å². The third-order valence-corrected chi connectivity index (χ3v) is 5.88. The minimum atomic E-state index is -1.59. The summed E-state index contributed by atoms with van der Waals surface area (Å²) in [6.07, 6.45) is 1.97. The van der Waals surface area contributed by atoms with Crippen LogP contribution in [0.2, 0.25) is 19.1 Å². The molecule has 0 amide bonds. The van der Waals surface area contributed by atoms with E-state index in [0.29, 0.717) is 12.5 Å². The number of carbonyl (C=O) groups is 1. The Kier molecular flexibility index (Phi) is 5.19. The van der Waals surface area contributed by atoms with Gasteiger partial charge in [-0.25, -0.2) is 0 Å². The first-order chi connectivity index (χ1) is 7.85. The van der Waals surface area contributed by atoms with Crippen molar-refractivity contribution in [1.82, 2.24) is 0 Å². The number of hydrogen-bond acceptors (Lipinski definition) is 3. The summed E-state index contributed by atoms with van der Waals surface area (Å²) in [5, 5.41) is 0. The van der Waals surface area contributed by atoms with Crippen LogP contribution in [-0.2, 0) is 14.0 Å². The highest BCUT2D eigenvalue weighted by molar-refractivity contribution is 6.71. The Morgan fingerprint density at radius 2 is 2.12 bits per heavy atom. The van der Waals surface area contributed by atoms with Crippen molar-refractivity contribution < 1.29 is 14.0 Å². The van der Waals surface area contributed by atoms with E-state index in [2.05, 4.69) is 26.9 Å². The molecule has 1 rings (SSSR count). The summed E-state index contributed by atoms with van der Waals surface area (Å²) in [6.45, 7) is 11.2. The summed E-state index contributed by atoms with van der Waals surface area (Å²) in [5.74, 6) is 0.474. The lowest BCUT2D eigenvalue weighted by Gasteiger charge is -2.29. The monoisotopic (exact) mass is 258 g/mol. The lowest BCUT2D eigenvalue weighted by molar-refractivity contribution is -0.149. The van der Waals surface area contributed by atoms with E-state index in [1.807, 2.05) is 6.92 Å². The topological polar surface area (TPSA) is 35.5 Å². The molecule has 0 aromatic heterocycles. The molecule has 0 saturated carbocycles. The third kappa shape index (κ3) is 4.43. The maximum Gasteiger partial charge on any atom is 0.309 e. The summed E-state index contributed by atoms with van der Waals surface area (Å²) in [7, 11) is -1.59. The molecule has 0 N–H and O–H groups in total. The van der Waals surface area contributed by atoms with Gasteiger partial charge in [-0.05, 0) is 44.8 Å². The second-order valence-corrected chi connectivity index (χ2v) is 10.1. The van der Waals surface area contributed by atoms with E-state index in [0.717, 1.165) is 18.9 Å². The fourth-order valence-corrected chi connectivity index (χ4v) is 4.67. The van der Waals surface area contributed by atoms with Crippen LogP contribution in [0.4, 0.5) is 0 Å². The van der Waals surface area contributed by atoms with Gasteiger partial charge in [0.05, 0.1) is 12.5 Å². The molecule has 0 aliphatic carbocycles. The van der Waals surface area contributed by atoms with E-state index in [4.69, 9.17) is 9.16 Å². The second-order valence-electron chi connectivity index (χ2n) is 5.88. The van der Waals surface area contributed by atoms with E-state index >= 15 is 0 Å². The molecule has 3 nitrogen and oxygen atoms in total. The standard InChI is InChI=1S/C13H26O3Si/c1-6-15-13(14)11-7-8-17(4,5)16-12(9-11)10(2)3/h10-12H,6-9H2,1-5H3/t11-,12-/m1/s1. The van der Waals surface area contributed by atoms with Gasteiger partial charge in [-0.1, -0.05) is 13.8 Å². The lowest BCUT2D eigenvalue weighted by atomic mass is 9.93. The molecule has 0 aromatic carbocycles. The molecule has 1 fully saturated rings. The number of carbonyl (C=O) groups excluding carboxylic acids is 1. The molecule has 1 aliphatic heterocycles. The molecule has 4 heteroatoms. The largest absolute Gasteiger partial charge is 0.466 e. The zero-order valence-corrected chi connectivity index (χ0v) is 12.8. The Hall–Kier alpha value is -0.353. The Morgan fingerprint density at radius 3 is 2.65 bits per heavy atom. The van der Waals surface area contributed by atoms with Crippen molar-refractivity contribution in [2.75, 3.05) is 6.61 Å². The van der Waals surface area contributed by atoms with Crippen LogP contribution >= 0.6 is 0 Å². The molecule has 1 aliphatic rings. The fraction of sp³-hybridized carbons (Fsp3) is 0.923. The van der Waals surface area contributed by atoms with Crippen molar-refractivity contribution in [1.29, 1.82) is 0 Å². The lowest BCUT2D eigenvalue weighted by Crippen LogP contribution is -2.35. The average Bonchev–Trinajstić information content (AvgIpc) is 2.37. The summed E-state index contributed by atoms with van der Waals surface area (Å²) in [5.41, 5.74) is 0. The maximum atomic E-state index is 11.9. The molecule has 0 unspecified atom stereocenters. The molecule has 0 radical (unpaired) electrons. The predicted molar refractivity (Wildman–Crippen MR) is 71.4 cm³/mol. The summed E-state index contributed by atoms with van der Waals surface area (Å²) in [4.78, 5) is 11.9. The minimum absolute atomic E-state index is 0.0338. The first-order valence-electron chi connectivity index (χ1n) is 6.70. The van der Waals surface area contributed by atoms with Crippen LogP contribution in [-0.4, -0.2) is 27.0 Å². The zero-order chi connectivity index (χ0) is 13.1. The highest BCUT2D eigenvalue weighted by atomic mass is 28.4. The van der Waals surface area contributed by atoms with Crippen molar-refractivity contribution in [2.45, 2.75) is 58.9 Å². The first kappa shape index (κ1) is 14.7. The van der Waals surface area contributed by atoms with E-state index < -0.39 is 8.32 Å². The van der Waals surface area contributed by atoms with Gasteiger partial charge in [0.1, 0.15) is 0 Å². The molecule has 0 spiro atoms. The fourth-order valence-electron chi connectivity index (χ4n) is 2.32. The van der Waals surface area contributed by atoms with Gasteiger partial charge < -0.3 is 9.16 Å². The van der Waals surface area contributed by atoms with Crippen LogP contribution in [0, 0.1) is 11.8 Å². The van der Waals surface area contributed by atoms with Gasteiger partial charge >= 0.3 is 5.97 Å². The van der Waals surface area contributed by atoms with Crippen molar-refractivity contribution in [3.05, 3.63) is 0 Å². The zero-order valence-electron chi connectivity index (χ0n) is 11.8. The number of hydrogen-bond donors (Lipinski definition) is 0. The summed E-state index contributed by atoms with van der Waals surface area (Å²) in [6, 6.07) is 1.06. The van der Waals surface area contributed by atoms with E-state index in [-0.39, 0.29) is 18.0 Å². The molecular formula is C13H26O3Si. The number of ether oxygens (including phenoxy) is 1. The second kappa shape index (κ2) is 6.00. The molecule has 1 heterocycles. The highest BCUT2D eigenvalue weighted by Gasteiger charge is 2.37. The van der Waals surface area contributed by atoms with Gasteiger partial charge in [0, 0.05) is 6.10 Å². The molecule has 0 aromatic rings. The maximum absolute atomic E-state index is 11.9. The Labute approximate surface area is 106 Å². The molecular weight excluding hydrogens is 232 g/mol. The van der Waals surface area contributed by atoms with Gasteiger partial charge in [0.15, 0.2) is 8.32 Å². The average molecular weight is 258 g/mol. The van der Waals surface area contributed by atoms with Crippen LogP contribution in [0.1, 0.15) is 33.6 Å². The van der Waals surface area contributed by atoms with Crippen molar-refractivity contribution in [2.24, 2.45) is 11.8 Å². The van der Waals surface area contributed by atoms with Gasteiger partial charge in [-0.3, -0.25) is 4.79 Å². The number of rotatable bonds is 3. The van der Waals surface area contributed by atoms with E-state index in [9.17, 15) is 4.79 Å². The third-order valence-electron chi connectivity index (χ3n) is 3.45. The Balaban J connectivity index is 2.72. The molecule has 1 saturated heterocycles. The van der Waals surface area contributed by atoms with Crippen LogP contribution < -0.4 is 0 Å². The molecule has 0 bridgehead atoms. The molecule has 2 atom stereocenters. The Bertz CT molecular complexity index is 263.